The third kappa shape index (κ3) is 3.36. The Hall–Kier alpha value is -2.86. The first-order valence-electron chi connectivity index (χ1n) is 8.85. The molecule has 0 aromatic heterocycles. The zero-order chi connectivity index (χ0) is 20.5. The lowest BCUT2D eigenvalue weighted by Gasteiger charge is -2.37. The van der Waals surface area contributed by atoms with E-state index in [9.17, 15) is 9.59 Å². The fourth-order valence-electron chi connectivity index (χ4n) is 2.89. The second kappa shape index (κ2) is 7.28. The van der Waals surface area contributed by atoms with Gasteiger partial charge in [0.2, 0.25) is 0 Å². The van der Waals surface area contributed by atoms with E-state index in [2.05, 4.69) is 15.3 Å². The number of nitrogens with zero attached hydrogens (tertiary/aromatic N) is 4. The van der Waals surface area contributed by atoms with Crippen LogP contribution in [0.25, 0.3) is 0 Å². The van der Waals surface area contributed by atoms with Crippen LogP contribution in [0.5, 0.6) is 0 Å². The Balaban J connectivity index is 1.96. The van der Waals surface area contributed by atoms with E-state index in [-0.39, 0.29) is 5.91 Å². The average molecular weight is 397 g/mol. The van der Waals surface area contributed by atoms with Gasteiger partial charge < -0.3 is 0 Å². The largest absolute Gasteiger partial charge is 0.295 e. The second-order valence-corrected chi connectivity index (χ2v) is 7.76. The Morgan fingerprint density at radius 1 is 0.964 bits per heavy atom. The lowest BCUT2D eigenvalue weighted by molar-refractivity contribution is 0.0386. The van der Waals surface area contributed by atoms with Gasteiger partial charge in [0.25, 0.3) is 11.8 Å². The van der Waals surface area contributed by atoms with Crippen molar-refractivity contribution in [3.63, 3.8) is 0 Å². The van der Waals surface area contributed by atoms with Crippen LogP contribution in [0.15, 0.2) is 69.9 Å². The van der Waals surface area contributed by atoms with Crippen LogP contribution >= 0.6 is 11.6 Å². The molecule has 0 fully saturated rings. The van der Waals surface area contributed by atoms with Gasteiger partial charge in [-0.2, -0.15) is 15.2 Å². The smallest absolute Gasteiger partial charge is 0.267 e. The predicted octanol–water partition coefficient (Wildman–Crippen LogP) is 5.21. The summed E-state index contributed by atoms with van der Waals surface area (Å²) >= 11 is 5.86. The van der Waals surface area contributed by atoms with E-state index >= 15 is 0 Å². The molecule has 6 nitrogen and oxygen atoms in total. The third-order valence-electron chi connectivity index (χ3n) is 5.39. The van der Waals surface area contributed by atoms with Crippen LogP contribution in [0.3, 0.4) is 0 Å². The van der Waals surface area contributed by atoms with Crippen molar-refractivity contribution in [3.05, 3.63) is 70.7 Å². The van der Waals surface area contributed by atoms with Gasteiger partial charge in [-0.15, -0.1) is 5.11 Å². The molecular weight excluding hydrogens is 376 g/mol. The summed E-state index contributed by atoms with van der Waals surface area (Å²) in [5.74, 6) is -0.809. The molecule has 2 aromatic rings. The molecule has 0 N–H and O–H groups in total. The number of hydrazone groups is 1. The molecule has 0 saturated heterocycles. The summed E-state index contributed by atoms with van der Waals surface area (Å²) in [4.78, 5) is 25.5. The van der Waals surface area contributed by atoms with Crippen molar-refractivity contribution in [1.29, 1.82) is 0 Å². The summed E-state index contributed by atoms with van der Waals surface area (Å²) in [6.07, 6.45) is 0. The van der Waals surface area contributed by atoms with Crippen LogP contribution in [0.4, 0.5) is 0 Å². The van der Waals surface area contributed by atoms with Crippen LogP contribution in [0.2, 0.25) is 5.02 Å². The van der Waals surface area contributed by atoms with E-state index in [4.69, 9.17) is 11.6 Å². The molecule has 2 aromatic carbocycles. The Morgan fingerprint density at radius 3 is 2.18 bits per heavy atom. The number of hydrogen-bond acceptors (Lipinski definition) is 4. The Labute approximate surface area is 168 Å². The summed E-state index contributed by atoms with van der Waals surface area (Å²) in [7, 11) is 0. The van der Waals surface area contributed by atoms with E-state index < -0.39 is 17.0 Å². The molecule has 0 radical (unpaired) electrons. The number of hydrogen-bond donors (Lipinski definition) is 0. The monoisotopic (exact) mass is 396 g/mol. The first kappa shape index (κ1) is 19.9. The molecule has 1 aliphatic rings. The quantitative estimate of drug-likeness (QED) is 0.668. The summed E-state index contributed by atoms with van der Waals surface area (Å²) < 4.78 is 0. The molecule has 1 heterocycles. The molecule has 0 aliphatic carbocycles. The minimum atomic E-state index is -1.15. The van der Waals surface area contributed by atoms with Gasteiger partial charge in [0, 0.05) is 21.9 Å². The summed E-state index contributed by atoms with van der Waals surface area (Å²) in [5.41, 5.74) is -0.168. The highest BCUT2D eigenvalue weighted by atomic mass is 35.5. The molecule has 1 unspecified atom stereocenters. The molecule has 0 bridgehead atoms. The first-order valence-corrected chi connectivity index (χ1v) is 9.23. The number of halogens is 1. The Bertz CT molecular complexity index is 968. The van der Waals surface area contributed by atoms with Crippen LogP contribution in [-0.2, 0) is 0 Å². The van der Waals surface area contributed by atoms with Crippen molar-refractivity contribution in [3.8, 4) is 0 Å². The summed E-state index contributed by atoms with van der Waals surface area (Å²) in [6, 6.07) is 15.2. The molecule has 3 rings (SSSR count). The van der Waals surface area contributed by atoms with Gasteiger partial charge in [-0.05, 0) is 50.2 Å². The Kier molecular flexibility index (Phi) is 5.17. The van der Waals surface area contributed by atoms with Gasteiger partial charge in [0.15, 0.2) is 5.66 Å². The maximum atomic E-state index is 13.1. The molecule has 1 atom stereocenters. The van der Waals surface area contributed by atoms with Crippen molar-refractivity contribution in [1.82, 2.24) is 5.01 Å². The predicted molar refractivity (Wildman–Crippen MR) is 109 cm³/mol. The van der Waals surface area contributed by atoms with E-state index in [1.807, 2.05) is 26.8 Å². The van der Waals surface area contributed by atoms with Gasteiger partial charge in [-0.1, -0.05) is 43.6 Å². The van der Waals surface area contributed by atoms with E-state index in [1.165, 1.54) is 5.01 Å². The van der Waals surface area contributed by atoms with Crippen molar-refractivity contribution in [2.24, 2.45) is 20.7 Å². The number of carbonyl (C=O) groups is 2. The molecule has 1 aliphatic heterocycles. The minimum absolute atomic E-state index is 0.300. The van der Waals surface area contributed by atoms with Crippen molar-refractivity contribution in [2.45, 2.75) is 33.4 Å². The summed E-state index contributed by atoms with van der Waals surface area (Å²) in [6.45, 7) is 7.45. The van der Waals surface area contributed by atoms with Gasteiger partial charge in [-0.3, -0.25) is 9.59 Å². The highest BCUT2D eigenvalue weighted by Gasteiger charge is 2.55. The van der Waals surface area contributed by atoms with Crippen LogP contribution in [0, 0.1) is 5.41 Å². The van der Waals surface area contributed by atoms with E-state index in [1.54, 1.807) is 55.5 Å². The van der Waals surface area contributed by atoms with Crippen molar-refractivity contribution in [2.75, 3.05) is 0 Å². The lowest BCUT2D eigenvalue weighted by Crippen LogP contribution is -2.51. The topological polar surface area (TPSA) is 74.5 Å². The highest BCUT2D eigenvalue weighted by molar-refractivity contribution is 6.30. The number of rotatable bonds is 3. The van der Waals surface area contributed by atoms with Crippen LogP contribution in [-0.4, -0.2) is 28.2 Å². The zero-order valence-electron chi connectivity index (χ0n) is 16.2. The minimum Gasteiger partial charge on any atom is -0.267 e. The van der Waals surface area contributed by atoms with Gasteiger partial charge in [0.05, 0.1) is 5.41 Å². The van der Waals surface area contributed by atoms with Crippen molar-refractivity contribution < 1.29 is 9.59 Å². The normalized spacial score (nSPS) is 21.0. The summed E-state index contributed by atoms with van der Waals surface area (Å²) in [5, 5.41) is 14.5. The molecule has 144 valence electrons. The maximum Gasteiger partial charge on any atom is 0.295 e. The number of carbonyl (C=O) groups excluding carboxylic acids is 2. The Morgan fingerprint density at radius 2 is 1.57 bits per heavy atom. The van der Waals surface area contributed by atoms with E-state index in [0.717, 1.165) is 5.71 Å². The van der Waals surface area contributed by atoms with Gasteiger partial charge in [0.1, 0.15) is 0 Å². The molecule has 7 heteroatoms. The van der Waals surface area contributed by atoms with Crippen LogP contribution in [0.1, 0.15) is 48.4 Å². The first-order chi connectivity index (χ1) is 13.2. The van der Waals surface area contributed by atoms with E-state index in [0.29, 0.717) is 16.1 Å². The van der Waals surface area contributed by atoms with Gasteiger partial charge in [-0.25, -0.2) is 0 Å². The molecule has 28 heavy (non-hydrogen) atoms. The van der Waals surface area contributed by atoms with Crippen molar-refractivity contribution >= 4 is 29.1 Å². The third-order valence-corrected chi connectivity index (χ3v) is 5.64. The number of benzene rings is 2. The molecular formula is C21H21ClN4O2. The SMILES string of the molecule is CC1=NN(C(=O)c2ccccc2)C(C)(N=NC(=O)c2ccc(Cl)cc2)C1(C)C. The van der Waals surface area contributed by atoms with Crippen LogP contribution < -0.4 is 0 Å². The second-order valence-electron chi connectivity index (χ2n) is 7.33. The standard InChI is InChI=1S/C21H21ClN4O2/c1-14-20(2,3)21(4,25-23-18(27)15-10-12-17(22)13-11-15)26(24-14)19(28)16-8-6-5-7-9-16/h5-13H,1-4H3. The molecule has 2 amide bonds. The van der Waals surface area contributed by atoms with Gasteiger partial charge >= 0.3 is 0 Å². The molecule has 0 spiro atoms. The number of azo groups is 1. The fraction of sp³-hybridized carbons (Fsp3) is 0.286. The highest BCUT2D eigenvalue weighted by Crippen LogP contribution is 2.45. The average Bonchev–Trinajstić information content (AvgIpc) is 2.87. The maximum absolute atomic E-state index is 13.1. The molecule has 0 saturated carbocycles. The number of amides is 2. The fourth-order valence-corrected chi connectivity index (χ4v) is 3.01. The lowest BCUT2D eigenvalue weighted by atomic mass is 9.77. The zero-order valence-corrected chi connectivity index (χ0v) is 16.9.